The Hall–Kier alpha value is -3.52. The first-order chi connectivity index (χ1) is 12.5. The Balaban J connectivity index is 1.62. The third kappa shape index (κ3) is 3.93. The molecule has 0 saturated heterocycles. The monoisotopic (exact) mass is 366 g/mol. The highest BCUT2D eigenvalue weighted by molar-refractivity contribution is 7.80. The number of hydrogen-bond acceptors (Lipinski definition) is 5. The van der Waals surface area contributed by atoms with Gasteiger partial charge in [-0.25, -0.2) is 0 Å². The fourth-order valence-corrected chi connectivity index (χ4v) is 2.56. The highest BCUT2D eigenvalue weighted by Crippen LogP contribution is 2.18. The number of nitro groups is 1. The van der Waals surface area contributed by atoms with Crippen molar-refractivity contribution in [2.45, 2.75) is 0 Å². The van der Waals surface area contributed by atoms with E-state index in [0.717, 1.165) is 10.8 Å². The van der Waals surface area contributed by atoms with Crippen LogP contribution in [-0.2, 0) is 0 Å². The maximum Gasteiger partial charge on any atom is 0.269 e. The van der Waals surface area contributed by atoms with Crippen LogP contribution < -0.4 is 16.2 Å². The number of nitrogens with one attached hydrogen (secondary N) is 3. The molecular formula is C18H14N4O3S. The van der Waals surface area contributed by atoms with E-state index in [1.807, 2.05) is 36.4 Å². The molecule has 0 atom stereocenters. The minimum absolute atomic E-state index is 0.0117. The van der Waals surface area contributed by atoms with Gasteiger partial charge in [-0.15, -0.1) is 0 Å². The minimum Gasteiger partial charge on any atom is -0.299 e. The number of fused-ring (bicyclic) bond motifs is 1. The van der Waals surface area contributed by atoms with Crippen LogP contribution in [-0.4, -0.2) is 15.9 Å². The maximum absolute atomic E-state index is 12.5. The number of hydrogen-bond donors (Lipinski definition) is 3. The number of non-ortho nitro benzene ring substituents is 1. The topological polar surface area (TPSA) is 96.3 Å². The van der Waals surface area contributed by atoms with Crippen molar-refractivity contribution in [1.82, 2.24) is 10.7 Å². The van der Waals surface area contributed by atoms with E-state index in [9.17, 15) is 14.9 Å². The van der Waals surface area contributed by atoms with Gasteiger partial charge in [-0.2, -0.15) is 0 Å². The van der Waals surface area contributed by atoms with Crippen LogP contribution in [0.1, 0.15) is 10.4 Å². The molecule has 26 heavy (non-hydrogen) atoms. The average molecular weight is 366 g/mol. The number of carbonyl (C=O) groups excluding carboxylic acids is 1. The van der Waals surface area contributed by atoms with Gasteiger partial charge >= 0.3 is 0 Å². The maximum atomic E-state index is 12.5. The predicted octanol–water partition coefficient (Wildman–Crippen LogP) is 3.38. The van der Waals surface area contributed by atoms with E-state index in [-0.39, 0.29) is 16.7 Å². The van der Waals surface area contributed by atoms with E-state index >= 15 is 0 Å². The molecule has 3 N–H and O–H groups in total. The molecule has 3 aromatic rings. The van der Waals surface area contributed by atoms with Gasteiger partial charge in [0, 0.05) is 17.7 Å². The van der Waals surface area contributed by atoms with Gasteiger partial charge in [0.25, 0.3) is 11.6 Å². The summed E-state index contributed by atoms with van der Waals surface area (Å²) in [6, 6.07) is 18.8. The smallest absolute Gasteiger partial charge is 0.269 e. The van der Waals surface area contributed by atoms with Gasteiger partial charge < -0.3 is 0 Å². The standard InChI is InChI=1S/C18H14N4O3S/c23-17(16-7-3-5-12-4-1-2-6-15(12)16)19-18(26)21-20-13-8-10-14(11-9-13)22(24)25/h1-11,20H,(H2,19,21,23,26). The van der Waals surface area contributed by atoms with Gasteiger partial charge in [-0.05, 0) is 41.2 Å². The largest absolute Gasteiger partial charge is 0.299 e. The van der Waals surface area contributed by atoms with Crippen molar-refractivity contribution in [3.05, 3.63) is 82.4 Å². The van der Waals surface area contributed by atoms with E-state index in [1.165, 1.54) is 24.3 Å². The van der Waals surface area contributed by atoms with Gasteiger partial charge in [0.15, 0.2) is 5.11 Å². The number of carbonyl (C=O) groups is 1. The molecular weight excluding hydrogens is 352 g/mol. The number of nitrogens with zero attached hydrogens (tertiary/aromatic N) is 1. The summed E-state index contributed by atoms with van der Waals surface area (Å²) in [6.45, 7) is 0. The van der Waals surface area contributed by atoms with Crippen molar-refractivity contribution < 1.29 is 9.72 Å². The van der Waals surface area contributed by atoms with Crippen LogP contribution in [0.5, 0.6) is 0 Å². The second-order valence-electron chi connectivity index (χ2n) is 5.36. The number of nitro benzene ring substituents is 1. The Morgan fingerprint density at radius 2 is 1.65 bits per heavy atom. The van der Waals surface area contributed by atoms with Gasteiger partial charge in [0.1, 0.15) is 0 Å². The Morgan fingerprint density at radius 1 is 0.962 bits per heavy atom. The van der Waals surface area contributed by atoms with Crippen molar-refractivity contribution in [1.29, 1.82) is 0 Å². The van der Waals surface area contributed by atoms with Gasteiger partial charge in [0.05, 0.1) is 10.6 Å². The molecule has 3 aromatic carbocycles. The summed E-state index contributed by atoms with van der Waals surface area (Å²) in [6.07, 6.45) is 0. The highest BCUT2D eigenvalue weighted by Gasteiger charge is 2.11. The summed E-state index contributed by atoms with van der Waals surface area (Å²) in [4.78, 5) is 22.6. The SMILES string of the molecule is O=C(NC(=S)NNc1ccc([N+](=O)[O-])cc1)c1cccc2ccccc12. The summed E-state index contributed by atoms with van der Waals surface area (Å²) in [7, 11) is 0. The zero-order valence-electron chi connectivity index (χ0n) is 13.4. The number of thiocarbonyl (C=S) groups is 1. The third-order valence-electron chi connectivity index (χ3n) is 3.66. The number of anilines is 1. The van der Waals surface area contributed by atoms with Gasteiger partial charge in [-0.1, -0.05) is 36.4 Å². The molecule has 0 unspecified atom stereocenters. The quantitative estimate of drug-likeness (QED) is 0.372. The molecule has 130 valence electrons. The normalized spacial score (nSPS) is 10.2. The number of hydrazine groups is 1. The van der Waals surface area contributed by atoms with Crippen LogP contribution in [0.4, 0.5) is 11.4 Å². The lowest BCUT2D eigenvalue weighted by atomic mass is 10.0. The molecule has 0 aliphatic heterocycles. The van der Waals surface area contributed by atoms with Crippen LogP contribution in [0.3, 0.4) is 0 Å². The van der Waals surface area contributed by atoms with Crippen LogP contribution in [0.15, 0.2) is 66.7 Å². The first-order valence-electron chi connectivity index (χ1n) is 7.64. The molecule has 0 bridgehead atoms. The molecule has 0 radical (unpaired) electrons. The molecule has 0 aromatic heterocycles. The molecule has 0 aliphatic rings. The first kappa shape index (κ1) is 17.3. The third-order valence-corrected chi connectivity index (χ3v) is 3.86. The molecule has 3 rings (SSSR count). The summed E-state index contributed by atoms with van der Waals surface area (Å²) >= 11 is 5.11. The summed E-state index contributed by atoms with van der Waals surface area (Å²) in [5.41, 5.74) is 6.52. The average Bonchev–Trinajstić information content (AvgIpc) is 2.66. The molecule has 0 aliphatic carbocycles. The van der Waals surface area contributed by atoms with E-state index in [1.54, 1.807) is 6.07 Å². The molecule has 0 spiro atoms. The van der Waals surface area contributed by atoms with Crippen molar-refractivity contribution >= 4 is 45.4 Å². The summed E-state index contributed by atoms with van der Waals surface area (Å²) in [5, 5.41) is 15.1. The second kappa shape index (κ2) is 7.58. The van der Waals surface area contributed by atoms with E-state index in [2.05, 4.69) is 16.2 Å². The highest BCUT2D eigenvalue weighted by atomic mass is 32.1. The van der Waals surface area contributed by atoms with Crippen molar-refractivity contribution in [2.75, 3.05) is 5.43 Å². The van der Waals surface area contributed by atoms with Crippen molar-refractivity contribution in [3.8, 4) is 0 Å². The first-order valence-corrected chi connectivity index (χ1v) is 8.05. The number of benzene rings is 3. The fraction of sp³-hybridized carbons (Fsp3) is 0. The molecule has 1 amide bonds. The summed E-state index contributed by atoms with van der Waals surface area (Å²) < 4.78 is 0. The zero-order valence-corrected chi connectivity index (χ0v) is 14.2. The molecule has 0 heterocycles. The van der Waals surface area contributed by atoms with E-state index < -0.39 is 4.92 Å². The zero-order chi connectivity index (χ0) is 18.5. The predicted molar refractivity (Wildman–Crippen MR) is 104 cm³/mol. The lowest BCUT2D eigenvalue weighted by Crippen LogP contribution is -2.42. The second-order valence-corrected chi connectivity index (χ2v) is 5.77. The van der Waals surface area contributed by atoms with Crippen LogP contribution >= 0.6 is 12.2 Å². The fourth-order valence-electron chi connectivity index (χ4n) is 2.42. The number of amides is 1. The van der Waals surface area contributed by atoms with Gasteiger partial charge in [0.2, 0.25) is 0 Å². The Kier molecular flexibility index (Phi) is 5.04. The van der Waals surface area contributed by atoms with E-state index in [4.69, 9.17) is 12.2 Å². The van der Waals surface area contributed by atoms with Gasteiger partial charge in [-0.3, -0.25) is 31.1 Å². The Labute approximate surface area is 154 Å². The summed E-state index contributed by atoms with van der Waals surface area (Å²) in [5.74, 6) is -0.329. The van der Waals surface area contributed by atoms with Crippen molar-refractivity contribution in [2.24, 2.45) is 0 Å². The lowest BCUT2D eigenvalue weighted by molar-refractivity contribution is -0.384. The Bertz CT molecular complexity index is 984. The lowest BCUT2D eigenvalue weighted by Gasteiger charge is -2.12. The molecule has 7 nitrogen and oxygen atoms in total. The molecule has 0 saturated carbocycles. The van der Waals surface area contributed by atoms with Crippen molar-refractivity contribution in [3.63, 3.8) is 0 Å². The van der Waals surface area contributed by atoms with Crippen LogP contribution in [0.25, 0.3) is 10.8 Å². The minimum atomic E-state index is -0.480. The number of rotatable bonds is 4. The van der Waals surface area contributed by atoms with E-state index in [0.29, 0.717) is 11.3 Å². The van der Waals surface area contributed by atoms with Crippen LogP contribution in [0.2, 0.25) is 0 Å². The molecule has 0 fully saturated rings. The Morgan fingerprint density at radius 3 is 2.38 bits per heavy atom. The molecule has 8 heteroatoms. The van der Waals surface area contributed by atoms with Crippen LogP contribution in [0, 0.1) is 10.1 Å².